The molecule has 15 heavy (non-hydrogen) atoms. The SMILES string of the molecule is O=C(O)C1(c2csc3c2CCCC3)CC1. The Bertz CT molecular complexity index is 415. The molecular weight excluding hydrogens is 208 g/mol. The summed E-state index contributed by atoms with van der Waals surface area (Å²) in [4.78, 5) is 12.7. The van der Waals surface area contributed by atoms with Crippen LogP contribution in [0.5, 0.6) is 0 Å². The van der Waals surface area contributed by atoms with Crippen molar-refractivity contribution in [3.63, 3.8) is 0 Å². The molecule has 0 unspecified atom stereocenters. The summed E-state index contributed by atoms with van der Waals surface area (Å²) in [6, 6.07) is 0. The van der Waals surface area contributed by atoms with Gasteiger partial charge in [-0.3, -0.25) is 4.79 Å². The number of carboxylic acid groups (broad SMARTS) is 1. The highest BCUT2D eigenvalue weighted by Gasteiger charge is 2.53. The van der Waals surface area contributed by atoms with Gasteiger partial charge in [0.25, 0.3) is 0 Å². The van der Waals surface area contributed by atoms with E-state index in [0.29, 0.717) is 0 Å². The van der Waals surface area contributed by atoms with Crippen LogP contribution in [0.4, 0.5) is 0 Å². The van der Waals surface area contributed by atoms with Gasteiger partial charge in [0.1, 0.15) is 0 Å². The monoisotopic (exact) mass is 222 g/mol. The minimum absolute atomic E-state index is 0.485. The van der Waals surface area contributed by atoms with E-state index in [-0.39, 0.29) is 0 Å². The Kier molecular flexibility index (Phi) is 1.93. The Morgan fingerprint density at radius 1 is 1.33 bits per heavy atom. The lowest BCUT2D eigenvalue weighted by molar-refractivity contribution is -0.140. The number of rotatable bonds is 2. The molecule has 0 aromatic carbocycles. The zero-order valence-electron chi connectivity index (χ0n) is 8.58. The van der Waals surface area contributed by atoms with Crippen LogP contribution >= 0.6 is 11.3 Å². The van der Waals surface area contributed by atoms with Gasteiger partial charge in [0, 0.05) is 4.88 Å². The Labute approximate surface area is 92.9 Å². The van der Waals surface area contributed by atoms with Crippen LogP contribution in [0.25, 0.3) is 0 Å². The normalized spacial score (nSPS) is 22.1. The lowest BCUT2D eigenvalue weighted by atomic mass is 9.88. The van der Waals surface area contributed by atoms with Crippen molar-refractivity contribution in [3.05, 3.63) is 21.4 Å². The molecule has 3 heteroatoms. The largest absolute Gasteiger partial charge is 0.481 e. The molecule has 80 valence electrons. The van der Waals surface area contributed by atoms with E-state index in [9.17, 15) is 9.90 Å². The highest BCUT2D eigenvalue weighted by molar-refractivity contribution is 7.10. The van der Waals surface area contributed by atoms with Gasteiger partial charge >= 0.3 is 5.97 Å². The zero-order chi connectivity index (χ0) is 10.5. The van der Waals surface area contributed by atoms with Gasteiger partial charge in [-0.05, 0) is 55.0 Å². The summed E-state index contributed by atoms with van der Waals surface area (Å²) < 4.78 is 0. The van der Waals surface area contributed by atoms with E-state index in [0.717, 1.165) is 31.2 Å². The first-order chi connectivity index (χ1) is 7.24. The molecule has 1 fully saturated rings. The molecule has 1 aromatic heterocycles. The van der Waals surface area contributed by atoms with E-state index in [2.05, 4.69) is 5.38 Å². The molecule has 0 amide bonds. The van der Waals surface area contributed by atoms with Crippen LogP contribution in [0, 0.1) is 0 Å². The maximum Gasteiger partial charge on any atom is 0.314 e. The molecule has 0 bridgehead atoms. The first-order valence-electron chi connectivity index (χ1n) is 5.57. The summed E-state index contributed by atoms with van der Waals surface area (Å²) in [5.74, 6) is -0.617. The van der Waals surface area contributed by atoms with E-state index in [1.165, 1.54) is 23.3 Å². The number of aliphatic carboxylic acids is 1. The van der Waals surface area contributed by atoms with Crippen LogP contribution in [0.3, 0.4) is 0 Å². The van der Waals surface area contributed by atoms with Gasteiger partial charge in [-0.25, -0.2) is 0 Å². The van der Waals surface area contributed by atoms with Crippen LogP contribution in [0.15, 0.2) is 5.38 Å². The highest BCUT2D eigenvalue weighted by atomic mass is 32.1. The van der Waals surface area contributed by atoms with Gasteiger partial charge in [0.15, 0.2) is 0 Å². The van der Waals surface area contributed by atoms with Gasteiger partial charge in [0.2, 0.25) is 0 Å². The van der Waals surface area contributed by atoms with Crippen molar-refractivity contribution in [1.82, 2.24) is 0 Å². The molecule has 1 N–H and O–H groups in total. The molecule has 0 aliphatic heterocycles. The van der Waals surface area contributed by atoms with E-state index < -0.39 is 11.4 Å². The quantitative estimate of drug-likeness (QED) is 0.835. The smallest absolute Gasteiger partial charge is 0.314 e. The molecule has 0 radical (unpaired) electrons. The third-order valence-electron chi connectivity index (χ3n) is 3.74. The Morgan fingerprint density at radius 2 is 2.07 bits per heavy atom. The minimum Gasteiger partial charge on any atom is -0.481 e. The number of thiophene rings is 1. The second-order valence-electron chi connectivity index (χ2n) is 4.65. The molecule has 0 saturated heterocycles. The fourth-order valence-electron chi connectivity index (χ4n) is 2.62. The number of fused-ring (bicyclic) bond motifs is 1. The third-order valence-corrected chi connectivity index (χ3v) is 4.82. The summed E-state index contributed by atoms with van der Waals surface area (Å²) >= 11 is 1.77. The number of aryl methyl sites for hydroxylation is 1. The van der Waals surface area contributed by atoms with Crippen molar-refractivity contribution in [2.45, 2.75) is 43.9 Å². The molecule has 2 nitrogen and oxygen atoms in total. The molecule has 0 spiro atoms. The lowest BCUT2D eigenvalue weighted by Gasteiger charge is -2.16. The number of carboxylic acids is 1. The van der Waals surface area contributed by atoms with Gasteiger partial charge in [-0.1, -0.05) is 0 Å². The maximum absolute atomic E-state index is 11.3. The Morgan fingerprint density at radius 3 is 2.73 bits per heavy atom. The van der Waals surface area contributed by atoms with Crippen LogP contribution < -0.4 is 0 Å². The summed E-state index contributed by atoms with van der Waals surface area (Å²) in [6.07, 6.45) is 6.44. The first-order valence-corrected chi connectivity index (χ1v) is 6.45. The fraction of sp³-hybridized carbons (Fsp3) is 0.583. The third kappa shape index (κ3) is 1.26. The van der Waals surface area contributed by atoms with Gasteiger partial charge in [-0.2, -0.15) is 0 Å². The number of hydrogen-bond acceptors (Lipinski definition) is 2. The summed E-state index contributed by atoms with van der Waals surface area (Å²) in [5, 5.41) is 11.4. The molecule has 1 saturated carbocycles. The van der Waals surface area contributed by atoms with E-state index in [1.54, 1.807) is 11.3 Å². The second kappa shape index (κ2) is 3.08. The lowest BCUT2D eigenvalue weighted by Crippen LogP contribution is -2.21. The fourth-order valence-corrected chi connectivity index (χ4v) is 3.86. The van der Waals surface area contributed by atoms with Crippen LogP contribution in [-0.2, 0) is 23.1 Å². The predicted octanol–water partition coefficient (Wildman–Crippen LogP) is 2.74. The zero-order valence-corrected chi connectivity index (χ0v) is 9.40. The molecule has 0 atom stereocenters. The molecular formula is C12H14O2S. The average molecular weight is 222 g/mol. The Balaban J connectivity index is 2.06. The summed E-state index contributed by atoms with van der Waals surface area (Å²) in [6.45, 7) is 0. The topological polar surface area (TPSA) is 37.3 Å². The van der Waals surface area contributed by atoms with Crippen molar-refractivity contribution < 1.29 is 9.90 Å². The van der Waals surface area contributed by atoms with Crippen molar-refractivity contribution in [3.8, 4) is 0 Å². The maximum atomic E-state index is 11.3. The van der Waals surface area contributed by atoms with Crippen molar-refractivity contribution in [1.29, 1.82) is 0 Å². The second-order valence-corrected chi connectivity index (χ2v) is 5.61. The molecule has 3 rings (SSSR count). The Hall–Kier alpha value is -0.830. The van der Waals surface area contributed by atoms with Crippen molar-refractivity contribution in [2.75, 3.05) is 0 Å². The highest BCUT2D eigenvalue weighted by Crippen LogP contribution is 2.52. The van der Waals surface area contributed by atoms with Gasteiger partial charge < -0.3 is 5.11 Å². The number of carbonyl (C=O) groups is 1. The summed E-state index contributed by atoms with van der Waals surface area (Å²) in [5.41, 5.74) is 2.04. The van der Waals surface area contributed by atoms with Crippen molar-refractivity contribution >= 4 is 17.3 Å². The number of hydrogen-bond donors (Lipinski definition) is 1. The standard InChI is InChI=1S/C12H14O2S/c13-11(14)12(5-6-12)9-7-15-10-4-2-1-3-8(9)10/h7H,1-6H2,(H,13,14). The van der Waals surface area contributed by atoms with Crippen LogP contribution in [0.1, 0.15) is 41.7 Å². The van der Waals surface area contributed by atoms with Crippen LogP contribution in [-0.4, -0.2) is 11.1 Å². The minimum atomic E-state index is -0.617. The molecule has 2 aliphatic rings. The van der Waals surface area contributed by atoms with E-state index >= 15 is 0 Å². The van der Waals surface area contributed by atoms with Gasteiger partial charge in [-0.15, -0.1) is 11.3 Å². The first kappa shape index (κ1) is 9.40. The van der Waals surface area contributed by atoms with E-state index in [1.807, 2.05) is 0 Å². The van der Waals surface area contributed by atoms with Crippen LogP contribution in [0.2, 0.25) is 0 Å². The average Bonchev–Trinajstić information content (AvgIpc) is 2.93. The van der Waals surface area contributed by atoms with Gasteiger partial charge in [0.05, 0.1) is 5.41 Å². The summed E-state index contributed by atoms with van der Waals surface area (Å²) in [7, 11) is 0. The molecule has 1 aromatic rings. The van der Waals surface area contributed by atoms with E-state index in [4.69, 9.17) is 0 Å². The molecule has 2 aliphatic carbocycles. The molecule has 1 heterocycles. The van der Waals surface area contributed by atoms with Crippen molar-refractivity contribution in [2.24, 2.45) is 0 Å². The predicted molar refractivity (Wildman–Crippen MR) is 59.5 cm³/mol.